The first-order valence-electron chi connectivity index (χ1n) is 6.73. The second-order valence-electron chi connectivity index (χ2n) is 5.14. The van der Waals surface area contributed by atoms with E-state index < -0.39 is 5.54 Å². The molecule has 1 heterocycles. The molecule has 20 heavy (non-hydrogen) atoms. The number of nitrogens with one attached hydrogen (secondary N) is 1. The molecule has 0 aliphatic carbocycles. The van der Waals surface area contributed by atoms with Crippen molar-refractivity contribution in [3.8, 4) is 5.75 Å². The van der Waals surface area contributed by atoms with Gasteiger partial charge in [-0.25, -0.2) is 0 Å². The Bertz CT molecular complexity index is 512. The Balaban J connectivity index is 2.23. The summed E-state index contributed by atoms with van der Waals surface area (Å²) in [4.78, 5) is 25.9. The maximum Gasteiger partial charge on any atom is 0.246 e. The van der Waals surface area contributed by atoms with Crippen LogP contribution in [0, 0.1) is 0 Å². The number of hydrogen-bond donors (Lipinski definition) is 1. The molecule has 1 atom stereocenters. The lowest BCUT2D eigenvalue weighted by Gasteiger charge is -2.43. The Morgan fingerprint density at radius 3 is 2.50 bits per heavy atom. The Kier molecular flexibility index (Phi) is 3.97. The summed E-state index contributed by atoms with van der Waals surface area (Å²) in [5.41, 5.74) is 0.198. The van der Waals surface area contributed by atoms with E-state index in [-0.39, 0.29) is 18.4 Å². The number of benzene rings is 1. The van der Waals surface area contributed by atoms with E-state index in [1.165, 1.54) is 0 Å². The average Bonchev–Trinajstić information content (AvgIpc) is 2.48. The largest absolute Gasteiger partial charge is 0.497 e. The van der Waals surface area contributed by atoms with Gasteiger partial charge in [-0.05, 0) is 31.0 Å². The molecule has 0 aromatic heterocycles. The van der Waals surface area contributed by atoms with E-state index in [0.717, 1.165) is 11.3 Å². The summed E-state index contributed by atoms with van der Waals surface area (Å²) in [7, 11) is 1.61. The third-order valence-corrected chi connectivity index (χ3v) is 3.97. The van der Waals surface area contributed by atoms with Gasteiger partial charge in [0, 0.05) is 6.54 Å². The van der Waals surface area contributed by atoms with Gasteiger partial charge in [0.25, 0.3) is 0 Å². The number of nitrogens with zero attached hydrogens (tertiary/aromatic N) is 1. The van der Waals surface area contributed by atoms with Gasteiger partial charge in [-0.1, -0.05) is 19.1 Å². The third-order valence-electron chi connectivity index (χ3n) is 3.97. The Hall–Kier alpha value is -2.04. The van der Waals surface area contributed by atoms with Gasteiger partial charge in [-0.3, -0.25) is 9.59 Å². The van der Waals surface area contributed by atoms with E-state index in [2.05, 4.69) is 5.32 Å². The zero-order valence-corrected chi connectivity index (χ0v) is 12.1. The van der Waals surface area contributed by atoms with Crippen molar-refractivity contribution in [3.63, 3.8) is 0 Å². The van der Waals surface area contributed by atoms with Crippen molar-refractivity contribution in [2.24, 2.45) is 0 Å². The minimum Gasteiger partial charge on any atom is -0.497 e. The summed E-state index contributed by atoms with van der Waals surface area (Å²) in [6, 6.07) is 7.53. The van der Waals surface area contributed by atoms with Crippen LogP contribution in [-0.2, 0) is 16.1 Å². The summed E-state index contributed by atoms with van der Waals surface area (Å²) >= 11 is 0. The lowest BCUT2D eigenvalue weighted by molar-refractivity contribution is -0.153. The van der Waals surface area contributed by atoms with Crippen LogP contribution >= 0.6 is 0 Å². The number of amides is 2. The zero-order chi connectivity index (χ0) is 14.8. The SMILES string of the molecule is CCC1(C)C(=O)NCC(=O)N1Cc1ccc(OC)cc1. The molecule has 108 valence electrons. The van der Waals surface area contributed by atoms with Crippen LogP contribution in [0.15, 0.2) is 24.3 Å². The molecule has 1 saturated heterocycles. The van der Waals surface area contributed by atoms with Crippen molar-refractivity contribution in [1.82, 2.24) is 10.2 Å². The highest BCUT2D eigenvalue weighted by Crippen LogP contribution is 2.25. The van der Waals surface area contributed by atoms with Gasteiger partial charge in [0.2, 0.25) is 11.8 Å². The van der Waals surface area contributed by atoms with Gasteiger partial charge in [-0.2, -0.15) is 0 Å². The fourth-order valence-corrected chi connectivity index (χ4v) is 2.37. The normalized spacial score (nSPS) is 22.6. The van der Waals surface area contributed by atoms with Crippen molar-refractivity contribution < 1.29 is 14.3 Å². The molecule has 5 heteroatoms. The standard InChI is InChI=1S/C15H20N2O3/c1-4-15(2)14(19)16-9-13(18)17(15)10-11-5-7-12(20-3)8-6-11/h5-8H,4,9-10H2,1-3H3,(H,16,19). The van der Waals surface area contributed by atoms with Crippen LogP contribution in [0.5, 0.6) is 5.75 Å². The van der Waals surface area contributed by atoms with Crippen LogP contribution in [0.4, 0.5) is 0 Å². The lowest BCUT2D eigenvalue weighted by Crippen LogP contribution is -2.65. The number of hydrogen-bond acceptors (Lipinski definition) is 3. The number of rotatable bonds is 4. The van der Waals surface area contributed by atoms with Crippen molar-refractivity contribution >= 4 is 11.8 Å². The molecule has 0 saturated carbocycles. The monoisotopic (exact) mass is 276 g/mol. The smallest absolute Gasteiger partial charge is 0.246 e. The first-order chi connectivity index (χ1) is 9.51. The van der Waals surface area contributed by atoms with E-state index >= 15 is 0 Å². The highest BCUT2D eigenvalue weighted by molar-refractivity contribution is 5.97. The van der Waals surface area contributed by atoms with Gasteiger partial charge < -0.3 is 15.0 Å². The van der Waals surface area contributed by atoms with Crippen LogP contribution in [0.25, 0.3) is 0 Å². The maximum atomic E-state index is 12.1. The molecule has 2 amide bonds. The predicted octanol–water partition coefficient (Wildman–Crippen LogP) is 1.32. The van der Waals surface area contributed by atoms with Gasteiger partial charge in [0.1, 0.15) is 11.3 Å². The molecule has 1 fully saturated rings. The molecule has 2 rings (SSSR count). The Labute approximate surface area is 118 Å². The highest BCUT2D eigenvalue weighted by atomic mass is 16.5. The molecule has 1 unspecified atom stereocenters. The maximum absolute atomic E-state index is 12.1. The first-order valence-corrected chi connectivity index (χ1v) is 6.73. The Morgan fingerprint density at radius 1 is 1.30 bits per heavy atom. The molecule has 1 aromatic rings. The molecule has 5 nitrogen and oxygen atoms in total. The van der Waals surface area contributed by atoms with Crippen molar-refractivity contribution in [2.45, 2.75) is 32.4 Å². The van der Waals surface area contributed by atoms with Gasteiger partial charge in [0.05, 0.1) is 13.7 Å². The fraction of sp³-hybridized carbons (Fsp3) is 0.467. The number of ether oxygens (including phenoxy) is 1. The van der Waals surface area contributed by atoms with Gasteiger partial charge in [0.15, 0.2) is 0 Å². The van der Waals surface area contributed by atoms with E-state index in [9.17, 15) is 9.59 Å². The molecular weight excluding hydrogens is 256 g/mol. The summed E-state index contributed by atoms with van der Waals surface area (Å²) in [5.74, 6) is 0.632. The van der Waals surface area contributed by atoms with E-state index in [4.69, 9.17) is 4.74 Å². The topological polar surface area (TPSA) is 58.6 Å². The number of methoxy groups -OCH3 is 1. The van der Waals surface area contributed by atoms with E-state index in [0.29, 0.717) is 13.0 Å². The van der Waals surface area contributed by atoms with Crippen molar-refractivity contribution in [2.75, 3.05) is 13.7 Å². The molecule has 1 N–H and O–H groups in total. The molecule has 0 spiro atoms. The summed E-state index contributed by atoms with van der Waals surface area (Å²) in [6.07, 6.45) is 0.584. The predicted molar refractivity (Wildman–Crippen MR) is 75.2 cm³/mol. The average molecular weight is 276 g/mol. The van der Waals surface area contributed by atoms with Crippen LogP contribution < -0.4 is 10.1 Å². The zero-order valence-electron chi connectivity index (χ0n) is 12.1. The molecule has 1 aliphatic heterocycles. The van der Waals surface area contributed by atoms with Crippen LogP contribution in [0.2, 0.25) is 0 Å². The van der Waals surface area contributed by atoms with E-state index in [1.807, 2.05) is 38.1 Å². The second-order valence-corrected chi connectivity index (χ2v) is 5.14. The fourth-order valence-electron chi connectivity index (χ4n) is 2.37. The minimum atomic E-state index is -0.782. The molecule has 0 radical (unpaired) electrons. The summed E-state index contributed by atoms with van der Waals surface area (Å²) in [6.45, 7) is 4.23. The first kappa shape index (κ1) is 14.4. The number of piperazine rings is 1. The molecule has 1 aromatic carbocycles. The number of carbonyl (C=O) groups excluding carboxylic acids is 2. The quantitative estimate of drug-likeness (QED) is 0.902. The van der Waals surface area contributed by atoms with Crippen LogP contribution in [0.1, 0.15) is 25.8 Å². The van der Waals surface area contributed by atoms with Crippen LogP contribution in [0.3, 0.4) is 0 Å². The lowest BCUT2D eigenvalue weighted by atomic mass is 9.92. The summed E-state index contributed by atoms with van der Waals surface area (Å²) < 4.78 is 5.11. The van der Waals surface area contributed by atoms with E-state index in [1.54, 1.807) is 12.0 Å². The Morgan fingerprint density at radius 2 is 1.95 bits per heavy atom. The number of carbonyl (C=O) groups is 2. The minimum absolute atomic E-state index is 0.0511. The third kappa shape index (κ3) is 2.48. The van der Waals surface area contributed by atoms with Gasteiger partial charge >= 0.3 is 0 Å². The molecule has 1 aliphatic rings. The van der Waals surface area contributed by atoms with Gasteiger partial charge in [-0.15, -0.1) is 0 Å². The molecule has 0 bridgehead atoms. The highest BCUT2D eigenvalue weighted by Gasteiger charge is 2.43. The summed E-state index contributed by atoms with van der Waals surface area (Å²) in [5, 5.41) is 2.66. The van der Waals surface area contributed by atoms with Crippen molar-refractivity contribution in [1.29, 1.82) is 0 Å². The van der Waals surface area contributed by atoms with Crippen molar-refractivity contribution in [3.05, 3.63) is 29.8 Å². The van der Waals surface area contributed by atoms with Crippen LogP contribution in [-0.4, -0.2) is 35.9 Å². The second kappa shape index (κ2) is 5.53. The molecular formula is C15H20N2O3.